The van der Waals surface area contributed by atoms with Gasteiger partial charge in [-0.3, -0.25) is 14.5 Å². The van der Waals surface area contributed by atoms with E-state index < -0.39 is 5.97 Å². The van der Waals surface area contributed by atoms with Crippen LogP contribution in [0, 0.1) is 0 Å². The molecule has 1 saturated heterocycles. The van der Waals surface area contributed by atoms with E-state index in [9.17, 15) is 9.59 Å². The van der Waals surface area contributed by atoms with E-state index in [0.717, 1.165) is 38.8 Å². The van der Waals surface area contributed by atoms with Gasteiger partial charge in [-0.2, -0.15) is 0 Å². The molecule has 1 atom stereocenters. The molecule has 1 N–H and O–H groups in total. The molecule has 2 rings (SSSR count). The monoisotopic (exact) mass is 240 g/mol. The molecular weight excluding hydrogens is 220 g/mol. The van der Waals surface area contributed by atoms with Crippen molar-refractivity contribution in [3.63, 3.8) is 0 Å². The zero-order valence-electron chi connectivity index (χ0n) is 10.3. The lowest BCUT2D eigenvalue weighted by Crippen LogP contribution is -2.44. The highest BCUT2D eigenvalue weighted by Gasteiger charge is 2.35. The zero-order chi connectivity index (χ0) is 12.4. The summed E-state index contributed by atoms with van der Waals surface area (Å²) >= 11 is 0. The van der Waals surface area contributed by atoms with Crippen LogP contribution in [-0.4, -0.2) is 58.5 Å². The molecule has 0 aromatic rings. The summed E-state index contributed by atoms with van der Waals surface area (Å²) < 4.78 is 0. The van der Waals surface area contributed by atoms with Gasteiger partial charge in [-0.15, -0.1) is 0 Å². The van der Waals surface area contributed by atoms with Crippen molar-refractivity contribution in [3.8, 4) is 0 Å². The highest BCUT2D eigenvalue weighted by molar-refractivity contribution is 5.74. The molecular formula is C12H20N2O3. The van der Waals surface area contributed by atoms with Crippen LogP contribution in [-0.2, 0) is 9.59 Å². The average molecular weight is 240 g/mol. The van der Waals surface area contributed by atoms with Gasteiger partial charge < -0.3 is 10.0 Å². The molecule has 1 amide bonds. The predicted molar refractivity (Wildman–Crippen MR) is 62.6 cm³/mol. The molecule has 0 aromatic heterocycles. The fourth-order valence-electron chi connectivity index (χ4n) is 2.67. The lowest BCUT2D eigenvalue weighted by atomic mass is 10.2. The number of carboxylic acid groups (broad SMARTS) is 1. The summed E-state index contributed by atoms with van der Waals surface area (Å²) in [4.78, 5) is 26.2. The minimum absolute atomic E-state index is 0.104. The number of likely N-dealkylation sites (tertiary alicyclic amines) is 1. The predicted octanol–water partition coefficient (Wildman–Crippen LogP) is 0.546. The molecule has 1 aliphatic heterocycles. The fraction of sp³-hybridized carbons (Fsp3) is 0.833. The SMILES string of the molecule is CC(=O)N1CCCC1CN(CC(=O)O)C1CC1. The van der Waals surface area contributed by atoms with Crippen LogP contribution in [0.2, 0.25) is 0 Å². The van der Waals surface area contributed by atoms with E-state index in [0.29, 0.717) is 6.04 Å². The van der Waals surface area contributed by atoms with Crippen LogP contribution < -0.4 is 0 Å². The second kappa shape index (κ2) is 5.04. The maximum Gasteiger partial charge on any atom is 0.317 e. The molecule has 0 spiro atoms. The second-order valence-electron chi connectivity index (χ2n) is 5.06. The summed E-state index contributed by atoms with van der Waals surface area (Å²) in [5.74, 6) is -0.664. The van der Waals surface area contributed by atoms with Crippen molar-refractivity contribution in [1.29, 1.82) is 0 Å². The van der Waals surface area contributed by atoms with Crippen molar-refractivity contribution in [2.24, 2.45) is 0 Å². The molecule has 0 aromatic carbocycles. The van der Waals surface area contributed by atoms with Gasteiger partial charge in [-0.25, -0.2) is 0 Å². The lowest BCUT2D eigenvalue weighted by molar-refractivity contribution is -0.138. The smallest absolute Gasteiger partial charge is 0.317 e. The molecule has 5 heteroatoms. The standard InChI is InChI=1S/C12H20N2O3/c1-9(15)14-6-2-3-11(14)7-13(8-12(16)17)10-4-5-10/h10-11H,2-8H2,1H3,(H,16,17). The number of carboxylic acids is 1. The van der Waals surface area contributed by atoms with E-state index >= 15 is 0 Å². The Morgan fingerprint density at radius 2 is 2.06 bits per heavy atom. The van der Waals surface area contributed by atoms with E-state index in [1.54, 1.807) is 6.92 Å². The number of aliphatic carboxylic acids is 1. The Balaban J connectivity index is 1.92. The van der Waals surface area contributed by atoms with Crippen molar-refractivity contribution < 1.29 is 14.7 Å². The maximum atomic E-state index is 11.4. The molecule has 5 nitrogen and oxygen atoms in total. The quantitative estimate of drug-likeness (QED) is 0.762. The lowest BCUT2D eigenvalue weighted by Gasteiger charge is -2.29. The number of hydrogen-bond donors (Lipinski definition) is 1. The number of rotatable bonds is 5. The number of amides is 1. The van der Waals surface area contributed by atoms with E-state index in [-0.39, 0.29) is 18.5 Å². The first-order valence-electron chi connectivity index (χ1n) is 6.31. The minimum Gasteiger partial charge on any atom is -0.480 e. The summed E-state index contributed by atoms with van der Waals surface area (Å²) in [6, 6.07) is 0.646. The van der Waals surface area contributed by atoms with E-state index in [4.69, 9.17) is 5.11 Å². The molecule has 1 aliphatic carbocycles. The van der Waals surface area contributed by atoms with Crippen molar-refractivity contribution in [3.05, 3.63) is 0 Å². The first-order valence-corrected chi connectivity index (χ1v) is 6.31. The molecule has 17 heavy (non-hydrogen) atoms. The minimum atomic E-state index is -0.774. The van der Waals surface area contributed by atoms with Crippen molar-refractivity contribution in [1.82, 2.24) is 9.80 Å². The van der Waals surface area contributed by atoms with Crippen molar-refractivity contribution in [2.75, 3.05) is 19.6 Å². The Morgan fingerprint density at radius 1 is 1.35 bits per heavy atom. The third-order valence-electron chi connectivity index (χ3n) is 3.63. The molecule has 1 unspecified atom stereocenters. The largest absolute Gasteiger partial charge is 0.480 e. The summed E-state index contributed by atoms with van der Waals surface area (Å²) in [6.07, 6.45) is 4.23. The van der Waals surface area contributed by atoms with E-state index in [1.165, 1.54) is 0 Å². The van der Waals surface area contributed by atoms with Gasteiger partial charge in [0, 0.05) is 32.1 Å². The van der Waals surface area contributed by atoms with Gasteiger partial charge in [-0.05, 0) is 25.7 Å². The maximum absolute atomic E-state index is 11.4. The normalized spacial score (nSPS) is 24.4. The summed E-state index contributed by atoms with van der Waals surface area (Å²) in [5, 5.41) is 8.89. The number of carbonyl (C=O) groups excluding carboxylic acids is 1. The van der Waals surface area contributed by atoms with Gasteiger partial charge in [0.1, 0.15) is 0 Å². The van der Waals surface area contributed by atoms with Gasteiger partial charge >= 0.3 is 5.97 Å². The Hall–Kier alpha value is -1.10. The highest BCUT2D eigenvalue weighted by atomic mass is 16.4. The molecule has 96 valence electrons. The van der Waals surface area contributed by atoms with Gasteiger partial charge in [0.2, 0.25) is 5.91 Å². The summed E-state index contributed by atoms with van der Waals surface area (Å²) in [6.45, 7) is 3.24. The number of hydrogen-bond acceptors (Lipinski definition) is 3. The summed E-state index contributed by atoms with van der Waals surface area (Å²) in [5.41, 5.74) is 0. The van der Waals surface area contributed by atoms with Gasteiger partial charge in [0.15, 0.2) is 0 Å². The van der Waals surface area contributed by atoms with Crippen molar-refractivity contribution in [2.45, 2.75) is 44.7 Å². The van der Waals surface area contributed by atoms with Crippen LogP contribution in [0.3, 0.4) is 0 Å². The van der Waals surface area contributed by atoms with Crippen LogP contribution in [0.4, 0.5) is 0 Å². The van der Waals surface area contributed by atoms with Gasteiger partial charge in [0.05, 0.1) is 6.54 Å². The van der Waals surface area contributed by atoms with Crippen LogP contribution in [0.25, 0.3) is 0 Å². The number of carbonyl (C=O) groups is 2. The molecule has 1 heterocycles. The number of nitrogens with zero attached hydrogens (tertiary/aromatic N) is 2. The molecule has 0 radical (unpaired) electrons. The molecule has 1 saturated carbocycles. The zero-order valence-corrected chi connectivity index (χ0v) is 10.3. The Kier molecular flexibility index (Phi) is 3.66. The molecule has 2 aliphatic rings. The molecule has 0 bridgehead atoms. The van der Waals surface area contributed by atoms with Crippen LogP contribution in [0.1, 0.15) is 32.6 Å². The highest BCUT2D eigenvalue weighted by Crippen LogP contribution is 2.28. The first-order chi connectivity index (χ1) is 8.08. The van der Waals surface area contributed by atoms with Gasteiger partial charge in [-0.1, -0.05) is 0 Å². The Labute approximate surface area is 101 Å². The first kappa shape index (κ1) is 12.4. The fourth-order valence-corrected chi connectivity index (χ4v) is 2.67. The van der Waals surface area contributed by atoms with E-state index in [2.05, 4.69) is 0 Å². The Bertz CT molecular complexity index is 315. The van der Waals surface area contributed by atoms with Crippen LogP contribution in [0.5, 0.6) is 0 Å². The topological polar surface area (TPSA) is 60.9 Å². The third kappa shape index (κ3) is 3.19. The Morgan fingerprint density at radius 3 is 2.59 bits per heavy atom. The molecule has 2 fully saturated rings. The van der Waals surface area contributed by atoms with Crippen LogP contribution in [0.15, 0.2) is 0 Å². The average Bonchev–Trinajstić information content (AvgIpc) is 2.97. The van der Waals surface area contributed by atoms with Gasteiger partial charge in [0.25, 0.3) is 0 Å². The van der Waals surface area contributed by atoms with Crippen molar-refractivity contribution >= 4 is 11.9 Å². The summed E-state index contributed by atoms with van der Waals surface area (Å²) in [7, 11) is 0. The third-order valence-corrected chi connectivity index (χ3v) is 3.63. The second-order valence-corrected chi connectivity index (χ2v) is 5.06. The van der Waals surface area contributed by atoms with Crippen LogP contribution >= 0.6 is 0 Å². The van der Waals surface area contributed by atoms with E-state index in [1.807, 2.05) is 9.80 Å².